The molecule has 0 spiro atoms. The smallest absolute Gasteiger partial charge is 0.193 e. The van der Waals surface area contributed by atoms with Crippen LogP contribution in [-0.4, -0.2) is 63.5 Å². The van der Waals surface area contributed by atoms with Crippen LogP contribution >= 0.6 is 0 Å². The molecule has 1 heterocycles. The molecule has 0 saturated carbocycles. The minimum absolute atomic E-state index is 0.129. The lowest BCUT2D eigenvalue weighted by Crippen LogP contribution is -2.39. The highest BCUT2D eigenvalue weighted by atomic mass is 16.5. The summed E-state index contributed by atoms with van der Waals surface area (Å²) in [5.41, 5.74) is 2.30. The molecule has 1 aromatic carbocycles. The number of likely N-dealkylation sites (tertiary alicyclic amines) is 1. The first-order chi connectivity index (χ1) is 13.4. The maximum Gasteiger partial charge on any atom is 0.193 e. The monoisotopic (exact) mass is 391 g/mol. The fourth-order valence-electron chi connectivity index (χ4n) is 3.20. The van der Waals surface area contributed by atoms with Crippen molar-refractivity contribution >= 4 is 5.96 Å². The minimum Gasteiger partial charge on any atom is -0.382 e. The molecule has 0 amide bonds. The Hall–Kier alpha value is -1.63. The molecular formula is C22H37N3O3. The fourth-order valence-corrected chi connectivity index (χ4v) is 3.20. The average molecular weight is 392 g/mol. The van der Waals surface area contributed by atoms with Gasteiger partial charge in [0.05, 0.1) is 32.0 Å². The largest absolute Gasteiger partial charge is 0.382 e. The second kappa shape index (κ2) is 11.4. The van der Waals surface area contributed by atoms with Crippen molar-refractivity contribution in [3.8, 4) is 0 Å². The standard InChI is InChI=1S/C22H37N3O3/c1-22(2,3)28-17-19-8-6-7-18(13-19)14-24-21(23-4)25-10-9-20(15-25)16-27-12-11-26-5/h6-8,13,20H,9-12,14-17H2,1-5H3,(H,23,24). The van der Waals surface area contributed by atoms with Crippen LogP contribution in [-0.2, 0) is 27.4 Å². The number of hydrogen-bond acceptors (Lipinski definition) is 4. The lowest BCUT2D eigenvalue weighted by Gasteiger charge is -2.22. The lowest BCUT2D eigenvalue weighted by molar-refractivity contribution is -0.0149. The van der Waals surface area contributed by atoms with Gasteiger partial charge in [0.25, 0.3) is 0 Å². The van der Waals surface area contributed by atoms with Gasteiger partial charge in [-0.15, -0.1) is 0 Å². The maximum atomic E-state index is 5.89. The number of hydrogen-bond donors (Lipinski definition) is 1. The zero-order valence-electron chi connectivity index (χ0n) is 18.2. The molecule has 1 atom stereocenters. The quantitative estimate of drug-likeness (QED) is 0.398. The van der Waals surface area contributed by atoms with Crippen LogP contribution < -0.4 is 5.32 Å². The Morgan fingerprint density at radius 3 is 2.75 bits per heavy atom. The van der Waals surface area contributed by atoms with Crippen molar-refractivity contribution in [1.29, 1.82) is 0 Å². The molecule has 28 heavy (non-hydrogen) atoms. The summed E-state index contributed by atoms with van der Waals surface area (Å²) >= 11 is 0. The highest BCUT2D eigenvalue weighted by molar-refractivity contribution is 5.80. The van der Waals surface area contributed by atoms with Crippen molar-refractivity contribution in [1.82, 2.24) is 10.2 Å². The number of rotatable bonds is 9. The normalized spacial score (nSPS) is 18.0. The van der Waals surface area contributed by atoms with Gasteiger partial charge in [0.1, 0.15) is 0 Å². The van der Waals surface area contributed by atoms with Crippen LogP contribution in [0.3, 0.4) is 0 Å². The van der Waals surface area contributed by atoms with Gasteiger partial charge in [0, 0.05) is 39.7 Å². The zero-order valence-corrected chi connectivity index (χ0v) is 18.2. The van der Waals surface area contributed by atoms with Crippen molar-refractivity contribution in [3.05, 3.63) is 35.4 Å². The third kappa shape index (κ3) is 8.17. The van der Waals surface area contributed by atoms with Gasteiger partial charge in [-0.3, -0.25) is 4.99 Å². The number of nitrogens with one attached hydrogen (secondary N) is 1. The first-order valence-electron chi connectivity index (χ1n) is 10.2. The number of benzene rings is 1. The highest BCUT2D eigenvalue weighted by Gasteiger charge is 2.24. The van der Waals surface area contributed by atoms with E-state index in [2.05, 4.69) is 60.2 Å². The number of aliphatic imine (C=N–C) groups is 1. The van der Waals surface area contributed by atoms with E-state index in [9.17, 15) is 0 Å². The summed E-state index contributed by atoms with van der Waals surface area (Å²) in [7, 11) is 3.54. The van der Waals surface area contributed by atoms with Crippen molar-refractivity contribution in [2.24, 2.45) is 10.9 Å². The van der Waals surface area contributed by atoms with Crippen LogP contribution in [0.4, 0.5) is 0 Å². The highest BCUT2D eigenvalue weighted by Crippen LogP contribution is 2.17. The van der Waals surface area contributed by atoms with Crippen molar-refractivity contribution in [2.75, 3.05) is 47.1 Å². The Balaban J connectivity index is 1.79. The molecule has 0 aliphatic carbocycles. The van der Waals surface area contributed by atoms with E-state index in [1.807, 2.05) is 7.05 Å². The van der Waals surface area contributed by atoms with Crippen molar-refractivity contribution in [2.45, 2.75) is 45.9 Å². The molecule has 1 fully saturated rings. The number of guanidine groups is 1. The van der Waals surface area contributed by atoms with Gasteiger partial charge in [0.15, 0.2) is 5.96 Å². The van der Waals surface area contributed by atoms with Crippen LogP contribution in [0.25, 0.3) is 0 Å². The molecule has 6 nitrogen and oxygen atoms in total. The molecule has 0 aromatic heterocycles. The first-order valence-corrected chi connectivity index (χ1v) is 10.2. The van der Waals surface area contributed by atoms with Gasteiger partial charge in [0.2, 0.25) is 0 Å². The van der Waals surface area contributed by atoms with Crippen LogP contribution in [0.1, 0.15) is 38.3 Å². The molecule has 1 aliphatic rings. The lowest BCUT2D eigenvalue weighted by atomic mass is 10.1. The maximum absolute atomic E-state index is 5.89. The molecule has 1 unspecified atom stereocenters. The fraction of sp³-hybridized carbons (Fsp3) is 0.682. The summed E-state index contributed by atoms with van der Waals surface area (Å²) in [5.74, 6) is 1.50. The van der Waals surface area contributed by atoms with Crippen LogP contribution in [0.2, 0.25) is 0 Å². The summed E-state index contributed by atoms with van der Waals surface area (Å²) in [5, 5.41) is 3.50. The first kappa shape index (κ1) is 22.7. The Kier molecular flexibility index (Phi) is 9.22. The van der Waals surface area contributed by atoms with Gasteiger partial charge in [-0.05, 0) is 38.3 Å². The van der Waals surface area contributed by atoms with E-state index in [-0.39, 0.29) is 5.60 Å². The molecule has 1 aliphatic heterocycles. The summed E-state index contributed by atoms with van der Waals surface area (Å²) in [6.45, 7) is 11.7. The predicted molar refractivity (Wildman–Crippen MR) is 114 cm³/mol. The van der Waals surface area contributed by atoms with E-state index in [0.29, 0.717) is 25.7 Å². The van der Waals surface area contributed by atoms with Gasteiger partial charge in [-0.1, -0.05) is 24.3 Å². The van der Waals surface area contributed by atoms with Gasteiger partial charge < -0.3 is 24.4 Å². The summed E-state index contributed by atoms with van der Waals surface area (Å²) < 4.78 is 16.6. The Morgan fingerprint density at radius 1 is 1.25 bits per heavy atom. The van der Waals surface area contributed by atoms with E-state index in [4.69, 9.17) is 14.2 Å². The zero-order chi connectivity index (χ0) is 20.4. The summed E-state index contributed by atoms with van der Waals surface area (Å²) in [4.78, 5) is 6.78. The number of nitrogens with zero attached hydrogens (tertiary/aromatic N) is 2. The molecule has 1 aromatic rings. The molecule has 0 bridgehead atoms. The second-order valence-electron chi connectivity index (χ2n) is 8.29. The van der Waals surface area contributed by atoms with Crippen molar-refractivity contribution < 1.29 is 14.2 Å². The predicted octanol–water partition coefficient (Wildman–Crippen LogP) is 3.06. The van der Waals surface area contributed by atoms with E-state index in [0.717, 1.165) is 38.6 Å². The molecule has 0 radical (unpaired) electrons. The number of ether oxygens (including phenoxy) is 3. The van der Waals surface area contributed by atoms with Crippen LogP contribution in [0.5, 0.6) is 0 Å². The van der Waals surface area contributed by atoms with E-state index < -0.39 is 0 Å². The van der Waals surface area contributed by atoms with Gasteiger partial charge in [-0.2, -0.15) is 0 Å². The van der Waals surface area contributed by atoms with Crippen LogP contribution in [0, 0.1) is 5.92 Å². The average Bonchev–Trinajstić information content (AvgIpc) is 3.13. The molecule has 1 saturated heterocycles. The Bertz CT molecular complexity index is 613. The molecular weight excluding hydrogens is 354 g/mol. The third-order valence-electron chi connectivity index (χ3n) is 4.70. The SMILES string of the molecule is CN=C(NCc1cccc(COC(C)(C)C)c1)N1CCC(COCCOC)C1. The van der Waals surface area contributed by atoms with E-state index in [1.54, 1.807) is 7.11 Å². The van der Waals surface area contributed by atoms with E-state index >= 15 is 0 Å². The summed E-state index contributed by atoms with van der Waals surface area (Å²) in [6.07, 6.45) is 1.13. The molecule has 6 heteroatoms. The summed E-state index contributed by atoms with van der Waals surface area (Å²) in [6, 6.07) is 8.53. The third-order valence-corrected chi connectivity index (χ3v) is 4.70. The second-order valence-corrected chi connectivity index (χ2v) is 8.29. The minimum atomic E-state index is -0.129. The van der Waals surface area contributed by atoms with Gasteiger partial charge >= 0.3 is 0 Å². The number of methoxy groups -OCH3 is 1. The van der Waals surface area contributed by atoms with E-state index in [1.165, 1.54) is 11.1 Å². The van der Waals surface area contributed by atoms with Crippen LogP contribution in [0.15, 0.2) is 29.3 Å². The molecule has 158 valence electrons. The Morgan fingerprint density at radius 2 is 2.04 bits per heavy atom. The van der Waals surface area contributed by atoms with Crippen molar-refractivity contribution in [3.63, 3.8) is 0 Å². The Labute approximate surface area is 170 Å². The topological polar surface area (TPSA) is 55.3 Å². The molecule has 2 rings (SSSR count). The molecule has 1 N–H and O–H groups in total. The van der Waals surface area contributed by atoms with Gasteiger partial charge in [-0.25, -0.2) is 0 Å².